The molecular weight excluding hydrogens is 280 g/mol. The van der Waals surface area contributed by atoms with Crippen LogP contribution >= 0.6 is 0 Å². The first-order valence-electron chi connectivity index (χ1n) is 7.77. The van der Waals surface area contributed by atoms with Gasteiger partial charge in [0.05, 0.1) is 24.8 Å². The molecule has 5 heteroatoms. The number of aliphatic hydroxyl groups is 1. The van der Waals surface area contributed by atoms with Crippen LogP contribution in [0.2, 0.25) is 0 Å². The Morgan fingerprint density at radius 2 is 1.91 bits per heavy atom. The smallest absolute Gasteiger partial charge is 0.317 e. The molecule has 0 aliphatic rings. The van der Waals surface area contributed by atoms with Gasteiger partial charge in [-0.25, -0.2) is 4.79 Å². The Morgan fingerprint density at radius 3 is 2.36 bits per heavy atom. The first-order chi connectivity index (χ1) is 10.3. The van der Waals surface area contributed by atoms with Crippen LogP contribution in [-0.4, -0.2) is 41.3 Å². The van der Waals surface area contributed by atoms with Crippen molar-refractivity contribution >= 4 is 6.03 Å². The fraction of sp³-hybridized carbons (Fsp3) is 0.588. The summed E-state index contributed by atoms with van der Waals surface area (Å²) in [5.41, 5.74) is 0.103. The minimum Gasteiger partial charge on any atom is -0.494 e. The van der Waals surface area contributed by atoms with Gasteiger partial charge in [-0.1, -0.05) is 12.1 Å². The molecule has 1 rings (SSSR count). The number of nitrogens with one attached hydrogen (secondary N) is 1. The number of benzene rings is 1. The molecule has 0 aliphatic heterocycles. The molecule has 0 saturated carbocycles. The number of ether oxygens (including phenoxy) is 1. The maximum atomic E-state index is 12.3. The van der Waals surface area contributed by atoms with Gasteiger partial charge in [0, 0.05) is 6.54 Å². The van der Waals surface area contributed by atoms with Gasteiger partial charge in [-0.2, -0.15) is 0 Å². The molecule has 0 saturated heterocycles. The van der Waals surface area contributed by atoms with Gasteiger partial charge in [-0.15, -0.1) is 0 Å². The molecule has 22 heavy (non-hydrogen) atoms. The van der Waals surface area contributed by atoms with E-state index in [1.807, 2.05) is 45.0 Å². The van der Waals surface area contributed by atoms with Crippen molar-refractivity contribution < 1.29 is 14.6 Å². The summed E-state index contributed by atoms with van der Waals surface area (Å²) in [6, 6.07) is 7.40. The van der Waals surface area contributed by atoms with Gasteiger partial charge in [0.15, 0.2) is 0 Å². The molecular formula is C17H28N2O3. The van der Waals surface area contributed by atoms with E-state index < -0.39 is 5.60 Å². The quantitative estimate of drug-likeness (QED) is 0.814. The molecule has 0 heterocycles. The Kier molecular flexibility index (Phi) is 6.68. The van der Waals surface area contributed by atoms with Crippen LogP contribution in [0.15, 0.2) is 24.3 Å². The molecule has 2 amide bonds. The zero-order valence-electron chi connectivity index (χ0n) is 14.2. The zero-order valence-corrected chi connectivity index (χ0v) is 14.2. The monoisotopic (exact) mass is 308 g/mol. The molecule has 0 bridgehead atoms. The lowest BCUT2D eigenvalue weighted by molar-refractivity contribution is 0.0476. The molecule has 2 N–H and O–H groups in total. The molecule has 1 aromatic carbocycles. The first kappa shape index (κ1) is 18.3. The fourth-order valence-corrected chi connectivity index (χ4v) is 2.17. The Bertz CT molecular complexity index is 466. The Hall–Kier alpha value is -1.75. The number of urea groups is 1. The van der Waals surface area contributed by atoms with Crippen molar-refractivity contribution in [2.45, 2.75) is 46.3 Å². The van der Waals surface area contributed by atoms with Gasteiger partial charge in [0.1, 0.15) is 5.75 Å². The molecule has 1 aromatic rings. The van der Waals surface area contributed by atoms with E-state index in [1.165, 1.54) is 0 Å². The minimum atomic E-state index is -0.907. The van der Waals surface area contributed by atoms with E-state index in [-0.39, 0.29) is 12.1 Å². The van der Waals surface area contributed by atoms with Crippen molar-refractivity contribution in [2.24, 2.45) is 0 Å². The second kappa shape index (κ2) is 8.03. The van der Waals surface area contributed by atoms with E-state index in [4.69, 9.17) is 4.74 Å². The Morgan fingerprint density at radius 1 is 1.32 bits per heavy atom. The molecule has 5 nitrogen and oxygen atoms in total. The summed E-state index contributed by atoms with van der Waals surface area (Å²) in [4.78, 5) is 13.9. The lowest BCUT2D eigenvalue weighted by atomic mass is 10.1. The van der Waals surface area contributed by atoms with Gasteiger partial charge >= 0.3 is 6.03 Å². The Labute approximate surface area is 133 Å². The van der Waals surface area contributed by atoms with Crippen molar-refractivity contribution in [3.05, 3.63) is 29.8 Å². The maximum absolute atomic E-state index is 12.3. The van der Waals surface area contributed by atoms with Gasteiger partial charge in [-0.05, 0) is 52.3 Å². The highest BCUT2D eigenvalue weighted by Gasteiger charge is 2.22. The molecule has 0 spiro atoms. The van der Waals surface area contributed by atoms with Gasteiger partial charge < -0.3 is 20.1 Å². The lowest BCUT2D eigenvalue weighted by Crippen LogP contribution is -2.47. The predicted octanol–water partition coefficient (Wildman–Crippen LogP) is 2.95. The topological polar surface area (TPSA) is 61.8 Å². The fourth-order valence-electron chi connectivity index (χ4n) is 2.17. The first-order valence-corrected chi connectivity index (χ1v) is 7.77. The van der Waals surface area contributed by atoms with E-state index in [2.05, 4.69) is 5.32 Å². The summed E-state index contributed by atoms with van der Waals surface area (Å²) in [5.74, 6) is 0.821. The van der Waals surface area contributed by atoms with Gasteiger partial charge in [-0.3, -0.25) is 0 Å². The molecule has 0 radical (unpaired) electrons. The molecule has 1 unspecified atom stereocenters. The van der Waals surface area contributed by atoms with Crippen molar-refractivity contribution in [1.82, 2.24) is 10.2 Å². The normalized spacial score (nSPS) is 12.6. The number of likely N-dealkylation sites (N-methyl/N-ethyl adjacent to an activating group) is 1. The molecule has 0 aromatic heterocycles. The highest BCUT2D eigenvalue weighted by atomic mass is 16.5. The SMILES string of the molecule is CCOc1ccc(C(C)NC(=O)N(CC)CC(C)(C)O)cc1. The summed E-state index contributed by atoms with van der Waals surface area (Å²) in [6.45, 7) is 10.6. The zero-order chi connectivity index (χ0) is 16.8. The number of hydrogen-bond donors (Lipinski definition) is 2. The number of hydrogen-bond acceptors (Lipinski definition) is 3. The van der Waals surface area contributed by atoms with Crippen molar-refractivity contribution in [3.8, 4) is 5.75 Å². The maximum Gasteiger partial charge on any atom is 0.317 e. The van der Waals surface area contributed by atoms with Gasteiger partial charge in [0.2, 0.25) is 0 Å². The molecule has 0 aliphatic carbocycles. The molecule has 124 valence electrons. The van der Waals surface area contributed by atoms with Crippen LogP contribution in [0.1, 0.15) is 46.2 Å². The van der Waals surface area contributed by atoms with E-state index in [9.17, 15) is 9.90 Å². The van der Waals surface area contributed by atoms with Crippen LogP contribution in [0.3, 0.4) is 0 Å². The summed E-state index contributed by atoms with van der Waals surface area (Å²) in [6.07, 6.45) is 0. The minimum absolute atomic E-state index is 0.112. The van der Waals surface area contributed by atoms with Crippen molar-refractivity contribution in [2.75, 3.05) is 19.7 Å². The van der Waals surface area contributed by atoms with E-state index in [1.54, 1.807) is 18.7 Å². The summed E-state index contributed by atoms with van der Waals surface area (Å²) in [7, 11) is 0. The van der Waals surface area contributed by atoms with Crippen LogP contribution in [0, 0.1) is 0 Å². The Balaban J connectivity index is 2.65. The molecule has 1 atom stereocenters. The predicted molar refractivity (Wildman–Crippen MR) is 88.1 cm³/mol. The third kappa shape index (κ3) is 5.93. The van der Waals surface area contributed by atoms with Crippen LogP contribution in [-0.2, 0) is 0 Å². The van der Waals surface area contributed by atoms with E-state index in [0.29, 0.717) is 19.7 Å². The third-order valence-corrected chi connectivity index (χ3v) is 3.28. The number of carbonyl (C=O) groups is 1. The highest BCUT2D eigenvalue weighted by molar-refractivity contribution is 5.74. The largest absolute Gasteiger partial charge is 0.494 e. The number of rotatable bonds is 7. The lowest BCUT2D eigenvalue weighted by Gasteiger charge is -2.29. The average Bonchev–Trinajstić information content (AvgIpc) is 2.44. The van der Waals surface area contributed by atoms with Crippen LogP contribution in [0.25, 0.3) is 0 Å². The highest BCUT2D eigenvalue weighted by Crippen LogP contribution is 2.18. The average molecular weight is 308 g/mol. The summed E-state index contributed by atoms with van der Waals surface area (Å²) >= 11 is 0. The van der Waals surface area contributed by atoms with Gasteiger partial charge in [0.25, 0.3) is 0 Å². The third-order valence-electron chi connectivity index (χ3n) is 3.28. The summed E-state index contributed by atoms with van der Waals surface area (Å²) in [5, 5.41) is 12.8. The van der Waals surface area contributed by atoms with Crippen LogP contribution < -0.4 is 10.1 Å². The van der Waals surface area contributed by atoms with Crippen LogP contribution in [0.4, 0.5) is 4.79 Å². The van der Waals surface area contributed by atoms with E-state index in [0.717, 1.165) is 11.3 Å². The number of nitrogens with zero attached hydrogens (tertiary/aromatic N) is 1. The second-order valence-corrected chi connectivity index (χ2v) is 6.00. The van der Waals surface area contributed by atoms with E-state index >= 15 is 0 Å². The standard InChI is InChI=1S/C17H28N2O3/c1-6-19(12-17(4,5)21)16(20)18-13(3)14-8-10-15(11-9-14)22-7-2/h8-11,13,21H,6-7,12H2,1-5H3,(H,18,20). The summed E-state index contributed by atoms with van der Waals surface area (Å²) < 4.78 is 5.41. The van der Waals surface area contributed by atoms with Crippen LogP contribution in [0.5, 0.6) is 5.75 Å². The van der Waals surface area contributed by atoms with Crippen molar-refractivity contribution in [3.63, 3.8) is 0 Å². The van der Waals surface area contributed by atoms with Crippen molar-refractivity contribution in [1.29, 1.82) is 0 Å². The number of carbonyl (C=O) groups excluding carboxylic acids is 1. The molecule has 0 fully saturated rings. The second-order valence-electron chi connectivity index (χ2n) is 6.00. The number of amides is 2.